The Morgan fingerprint density at radius 1 is 1.57 bits per heavy atom. The lowest BCUT2D eigenvalue weighted by molar-refractivity contribution is -0.128. The lowest BCUT2D eigenvalue weighted by atomic mass is 9.74. The summed E-state index contributed by atoms with van der Waals surface area (Å²) in [4.78, 5) is 16.1. The van der Waals surface area contributed by atoms with Crippen LogP contribution in [0.2, 0.25) is 0 Å². The number of carbonyl (C=O) groups excluding carboxylic acids is 1. The largest absolute Gasteiger partial charge is 0.369 e. The van der Waals surface area contributed by atoms with E-state index >= 15 is 0 Å². The molecule has 7 heteroatoms. The van der Waals surface area contributed by atoms with E-state index in [0.29, 0.717) is 5.82 Å². The quantitative estimate of drug-likeness (QED) is 0.894. The van der Waals surface area contributed by atoms with Crippen molar-refractivity contribution < 1.29 is 9.53 Å². The number of aromatic nitrogens is 3. The second-order valence-electron chi connectivity index (χ2n) is 4.62. The summed E-state index contributed by atoms with van der Waals surface area (Å²) < 4.78 is 5.77. The first-order valence-electron chi connectivity index (χ1n) is 6.32. The molecule has 1 amide bonds. The number of methoxy groups -OCH3 is 1. The van der Waals surface area contributed by atoms with Crippen LogP contribution in [-0.4, -0.2) is 28.2 Å². The Labute approximate surface area is 125 Å². The Morgan fingerprint density at radius 2 is 2.43 bits per heavy atom. The third-order valence-electron chi connectivity index (χ3n) is 3.61. The fraction of sp³-hybridized carbons (Fsp3) is 0.214. The number of thiophene rings is 1. The van der Waals surface area contributed by atoms with Gasteiger partial charge in [-0.3, -0.25) is 9.89 Å². The molecule has 0 saturated heterocycles. The van der Waals surface area contributed by atoms with Crippen molar-refractivity contribution in [1.29, 1.82) is 0 Å². The number of carbonyl (C=O) groups is 1. The fourth-order valence-electron chi connectivity index (χ4n) is 2.69. The number of nitrogens with one attached hydrogen (secondary N) is 1. The molecular formula is C14H14N4O2S. The van der Waals surface area contributed by atoms with Gasteiger partial charge in [-0.1, -0.05) is 18.2 Å². The number of ether oxygens (including phenoxy) is 1. The molecular weight excluding hydrogens is 288 g/mol. The predicted octanol–water partition coefficient (Wildman–Crippen LogP) is 1.46. The molecule has 0 aliphatic heterocycles. The standard InChI is InChI=1S/C14H14N4O2S/c1-20-14(13-16-8-17-18-13)10(9-5-6-21-7-9)3-2-4-11(14)12(15)19/h2-8,11H,1H3,(H2,15,19)(H,16,17,18). The molecule has 6 nitrogen and oxygen atoms in total. The van der Waals surface area contributed by atoms with Gasteiger partial charge >= 0.3 is 0 Å². The predicted molar refractivity (Wildman–Crippen MR) is 79.2 cm³/mol. The van der Waals surface area contributed by atoms with Crippen LogP contribution < -0.4 is 5.73 Å². The van der Waals surface area contributed by atoms with Gasteiger partial charge in [-0.25, -0.2) is 4.98 Å². The second kappa shape index (κ2) is 5.27. The monoisotopic (exact) mass is 302 g/mol. The molecule has 0 fully saturated rings. The molecule has 21 heavy (non-hydrogen) atoms. The molecule has 0 saturated carbocycles. The van der Waals surface area contributed by atoms with Crippen LogP contribution in [0, 0.1) is 5.92 Å². The Hall–Kier alpha value is -2.25. The number of aromatic amines is 1. The van der Waals surface area contributed by atoms with Crippen LogP contribution in [0.1, 0.15) is 11.4 Å². The first-order chi connectivity index (χ1) is 10.2. The molecule has 3 N–H and O–H groups in total. The number of hydrogen-bond acceptors (Lipinski definition) is 5. The number of nitrogens with two attached hydrogens (primary N) is 1. The Bertz CT molecular complexity index is 691. The van der Waals surface area contributed by atoms with Crippen molar-refractivity contribution in [3.05, 3.63) is 52.8 Å². The maximum atomic E-state index is 11.9. The van der Waals surface area contributed by atoms with Gasteiger partial charge in [-0.2, -0.15) is 16.4 Å². The van der Waals surface area contributed by atoms with E-state index in [2.05, 4.69) is 15.2 Å². The van der Waals surface area contributed by atoms with Crippen molar-refractivity contribution in [1.82, 2.24) is 15.2 Å². The van der Waals surface area contributed by atoms with E-state index < -0.39 is 17.4 Å². The van der Waals surface area contributed by atoms with Crippen LogP contribution in [0.4, 0.5) is 0 Å². The van der Waals surface area contributed by atoms with Gasteiger partial charge in [-0.05, 0) is 22.4 Å². The topological polar surface area (TPSA) is 93.9 Å². The minimum Gasteiger partial charge on any atom is -0.369 e. The number of amides is 1. The van der Waals surface area contributed by atoms with E-state index in [1.54, 1.807) is 17.4 Å². The van der Waals surface area contributed by atoms with Crippen molar-refractivity contribution in [2.45, 2.75) is 5.60 Å². The molecule has 2 aromatic heterocycles. The van der Waals surface area contributed by atoms with Crippen LogP contribution in [0.25, 0.3) is 5.57 Å². The van der Waals surface area contributed by atoms with Crippen LogP contribution in [0.5, 0.6) is 0 Å². The smallest absolute Gasteiger partial charge is 0.228 e. The van der Waals surface area contributed by atoms with Gasteiger partial charge in [-0.15, -0.1) is 0 Å². The summed E-state index contributed by atoms with van der Waals surface area (Å²) >= 11 is 1.57. The number of nitrogens with zero attached hydrogens (tertiary/aromatic N) is 2. The minimum atomic E-state index is -1.12. The van der Waals surface area contributed by atoms with Crippen molar-refractivity contribution >= 4 is 22.8 Å². The molecule has 2 unspecified atom stereocenters. The summed E-state index contributed by atoms with van der Waals surface area (Å²) in [6.45, 7) is 0. The van der Waals surface area contributed by atoms with Crippen molar-refractivity contribution in [3.8, 4) is 0 Å². The summed E-state index contributed by atoms with van der Waals surface area (Å²) in [6, 6.07) is 1.97. The van der Waals surface area contributed by atoms with Crippen LogP contribution in [0.3, 0.4) is 0 Å². The maximum absolute atomic E-state index is 11.9. The molecule has 2 aromatic rings. The van der Waals surface area contributed by atoms with E-state index in [9.17, 15) is 4.79 Å². The molecule has 1 aliphatic carbocycles. The SMILES string of the molecule is COC1(c2nc[nH]n2)C(c2ccsc2)=CC=CC1C(N)=O. The maximum Gasteiger partial charge on any atom is 0.228 e. The van der Waals surface area contributed by atoms with Gasteiger partial charge in [0.25, 0.3) is 0 Å². The molecule has 0 bridgehead atoms. The summed E-state index contributed by atoms with van der Waals surface area (Å²) in [5, 5.41) is 10.8. The molecule has 108 valence electrons. The van der Waals surface area contributed by atoms with E-state index in [0.717, 1.165) is 11.1 Å². The third-order valence-corrected chi connectivity index (χ3v) is 4.30. The highest BCUT2D eigenvalue weighted by molar-refractivity contribution is 7.08. The van der Waals surface area contributed by atoms with Crippen molar-refractivity contribution in [2.24, 2.45) is 11.7 Å². The van der Waals surface area contributed by atoms with E-state index in [1.807, 2.05) is 29.0 Å². The first kappa shape index (κ1) is 13.7. The zero-order valence-corrected chi connectivity index (χ0v) is 12.1. The van der Waals surface area contributed by atoms with Gasteiger partial charge < -0.3 is 10.5 Å². The van der Waals surface area contributed by atoms with Crippen LogP contribution >= 0.6 is 11.3 Å². The average Bonchev–Trinajstić information content (AvgIpc) is 3.19. The van der Waals surface area contributed by atoms with Crippen LogP contribution in [0.15, 0.2) is 41.4 Å². The molecule has 2 heterocycles. The van der Waals surface area contributed by atoms with Gasteiger partial charge in [0, 0.05) is 12.7 Å². The van der Waals surface area contributed by atoms with Crippen LogP contribution in [-0.2, 0) is 15.1 Å². The minimum absolute atomic E-state index is 0.385. The first-order valence-corrected chi connectivity index (χ1v) is 7.26. The summed E-state index contributed by atoms with van der Waals surface area (Å²) in [7, 11) is 1.53. The molecule has 0 aromatic carbocycles. The van der Waals surface area contributed by atoms with E-state index in [1.165, 1.54) is 13.4 Å². The normalized spacial score (nSPS) is 24.8. The lowest BCUT2D eigenvalue weighted by Crippen LogP contribution is -2.46. The Balaban J connectivity index is 2.24. The number of hydrogen-bond donors (Lipinski definition) is 2. The van der Waals surface area contributed by atoms with Gasteiger partial charge in [0.05, 0.1) is 5.92 Å². The highest BCUT2D eigenvalue weighted by Gasteiger charge is 2.50. The highest BCUT2D eigenvalue weighted by Crippen LogP contribution is 2.46. The molecule has 3 rings (SSSR count). The highest BCUT2D eigenvalue weighted by atomic mass is 32.1. The zero-order chi connectivity index (χ0) is 14.9. The number of primary amides is 1. The summed E-state index contributed by atoms with van der Waals surface area (Å²) in [5.41, 5.74) is 6.23. The van der Waals surface area contributed by atoms with Gasteiger partial charge in [0.15, 0.2) is 11.4 Å². The zero-order valence-electron chi connectivity index (χ0n) is 11.3. The Kier molecular flexibility index (Phi) is 3.44. The molecule has 2 atom stereocenters. The fourth-order valence-corrected chi connectivity index (χ4v) is 3.34. The second-order valence-corrected chi connectivity index (χ2v) is 5.40. The molecule has 0 radical (unpaired) electrons. The van der Waals surface area contributed by atoms with E-state index in [-0.39, 0.29) is 0 Å². The Morgan fingerprint density at radius 3 is 3.00 bits per heavy atom. The van der Waals surface area contributed by atoms with Gasteiger partial charge in [0.2, 0.25) is 5.91 Å². The summed E-state index contributed by atoms with van der Waals surface area (Å²) in [6.07, 6.45) is 6.89. The van der Waals surface area contributed by atoms with Crippen molar-refractivity contribution in [2.75, 3.05) is 7.11 Å². The number of rotatable bonds is 4. The lowest BCUT2D eigenvalue weighted by Gasteiger charge is -2.38. The summed E-state index contributed by atoms with van der Waals surface area (Å²) in [5.74, 6) is -0.785. The number of H-pyrrole nitrogens is 1. The van der Waals surface area contributed by atoms with Crippen molar-refractivity contribution in [3.63, 3.8) is 0 Å². The molecule has 1 aliphatic rings. The average molecular weight is 302 g/mol. The number of allylic oxidation sites excluding steroid dienone is 2. The van der Waals surface area contributed by atoms with Gasteiger partial charge in [0.1, 0.15) is 6.33 Å². The van der Waals surface area contributed by atoms with E-state index in [4.69, 9.17) is 10.5 Å². The molecule has 0 spiro atoms. The third kappa shape index (κ3) is 2.01.